The number of ether oxygens (including phenoxy) is 1. The van der Waals surface area contributed by atoms with Crippen molar-refractivity contribution >= 4 is 41.7 Å². The van der Waals surface area contributed by atoms with Crippen LogP contribution in [0.25, 0.3) is 0 Å². The van der Waals surface area contributed by atoms with Crippen molar-refractivity contribution in [2.45, 2.75) is 38.7 Å². The Balaban J connectivity index is 0.00000484. The van der Waals surface area contributed by atoms with Crippen LogP contribution in [0.1, 0.15) is 31.9 Å². The highest BCUT2D eigenvalue weighted by molar-refractivity contribution is 14.0. The molecular formula is C17H30IN3OS. The summed E-state index contributed by atoms with van der Waals surface area (Å²) in [6, 6.07) is 8.47. The minimum absolute atomic E-state index is 0. The van der Waals surface area contributed by atoms with Crippen LogP contribution >= 0.6 is 35.7 Å². The highest BCUT2D eigenvalue weighted by atomic mass is 127. The van der Waals surface area contributed by atoms with Gasteiger partial charge >= 0.3 is 0 Å². The van der Waals surface area contributed by atoms with E-state index >= 15 is 0 Å². The standard InChI is InChI=1S/C17H29N3OS.HI/c1-6-21-12-15-9-7-14(8-10-15)11-19-16(18-4)20-13-17(2,3)22-5;/h7-10H,6,11-13H2,1-5H3,(H2,18,19,20);1H. The molecule has 0 aliphatic carbocycles. The molecule has 2 N–H and O–H groups in total. The van der Waals surface area contributed by atoms with Gasteiger partial charge in [0.05, 0.1) is 6.61 Å². The van der Waals surface area contributed by atoms with Gasteiger partial charge in [-0.3, -0.25) is 4.99 Å². The summed E-state index contributed by atoms with van der Waals surface area (Å²) < 4.78 is 5.60. The number of guanidine groups is 1. The molecule has 0 radical (unpaired) electrons. The second-order valence-electron chi connectivity index (χ2n) is 5.70. The lowest BCUT2D eigenvalue weighted by Crippen LogP contribution is -2.42. The smallest absolute Gasteiger partial charge is 0.191 e. The Kier molecular flexibility index (Phi) is 11.7. The molecule has 23 heavy (non-hydrogen) atoms. The molecule has 1 aromatic carbocycles. The molecule has 0 heterocycles. The van der Waals surface area contributed by atoms with Gasteiger partial charge in [-0.25, -0.2) is 0 Å². The Hall–Kier alpha value is -0.470. The maximum atomic E-state index is 5.40. The molecule has 0 amide bonds. The molecule has 0 atom stereocenters. The Morgan fingerprint density at radius 1 is 1.17 bits per heavy atom. The predicted octanol–water partition coefficient (Wildman–Crippen LogP) is 3.65. The van der Waals surface area contributed by atoms with Crippen LogP contribution in [0.15, 0.2) is 29.3 Å². The number of rotatable bonds is 8. The Bertz CT molecular complexity index is 463. The van der Waals surface area contributed by atoms with Crippen molar-refractivity contribution in [1.29, 1.82) is 0 Å². The average molecular weight is 451 g/mol. The van der Waals surface area contributed by atoms with Crippen LogP contribution in [0.4, 0.5) is 0 Å². The first-order valence-corrected chi connectivity index (χ1v) is 8.88. The number of benzene rings is 1. The zero-order valence-corrected chi connectivity index (χ0v) is 18.0. The minimum Gasteiger partial charge on any atom is -0.377 e. The summed E-state index contributed by atoms with van der Waals surface area (Å²) in [5, 5.41) is 6.71. The van der Waals surface area contributed by atoms with Crippen molar-refractivity contribution in [3.63, 3.8) is 0 Å². The van der Waals surface area contributed by atoms with Crippen LogP contribution in [0.5, 0.6) is 0 Å². The zero-order chi connectivity index (χ0) is 16.4. The van der Waals surface area contributed by atoms with Crippen LogP contribution in [0.3, 0.4) is 0 Å². The maximum absolute atomic E-state index is 5.40. The van der Waals surface area contributed by atoms with Crippen LogP contribution in [-0.4, -0.2) is 37.2 Å². The summed E-state index contributed by atoms with van der Waals surface area (Å²) in [6.45, 7) is 9.50. The fourth-order valence-electron chi connectivity index (χ4n) is 1.75. The van der Waals surface area contributed by atoms with Crippen molar-refractivity contribution < 1.29 is 4.74 Å². The molecular weight excluding hydrogens is 421 g/mol. The van der Waals surface area contributed by atoms with E-state index < -0.39 is 0 Å². The molecule has 0 aliphatic rings. The topological polar surface area (TPSA) is 45.6 Å². The van der Waals surface area contributed by atoms with Crippen LogP contribution in [-0.2, 0) is 17.9 Å². The van der Waals surface area contributed by atoms with E-state index in [2.05, 4.69) is 60.0 Å². The lowest BCUT2D eigenvalue weighted by molar-refractivity contribution is 0.134. The van der Waals surface area contributed by atoms with E-state index in [0.717, 1.165) is 25.7 Å². The summed E-state index contributed by atoms with van der Waals surface area (Å²) >= 11 is 1.84. The molecule has 132 valence electrons. The first-order chi connectivity index (χ1) is 10.5. The van der Waals surface area contributed by atoms with Crippen molar-refractivity contribution in [3.05, 3.63) is 35.4 Å². The van der Waals surface area contributed by atoms with Crippen molar-refractivity contribution in [1.82, 2.24) is 10.6 Å². The van der Waals surface area contributed by atoms with Gasteiger partial charge in [0.25, 0.3) is 0 Å². The number of nitrogens with one attached hydrogen (secondary N) is 2. The van der Waals surface area contributed by atoms with Gasteiger partial charge in [0.1, 0.15) is 0 Å². The lowest BCUT2D eigenvalue weighted by Gasteiger charge is -2.23. The molecule has 6 heteroatoms. The first kappa shape index (κ1) is 22.5. The van der Waals surface area contributed by atoms with Crippen LogP contribution in [0.2, 0.25) is 0 Å². The lowest BCUT2D eigenvalue weighted by atomic mass is 10.1. The molecule has 0 fully saturated rings. The number of hydrogen-bond donors (Lipinski definition) is 2. The average Bonchev–Trinajstić information content (AvgIpc) is 2.54. The fraction of sp³-hybridized carbons (Fsp3) is 0.588. The zero-order valence-electron chi connectivity index (χ0n) is 14.8. The summed E-state index contributed by atoms with van der Waals surface area (Å²) in [6.07, 6.45) is 2.13. The van der Waals surface area contributed by atoms with Crippen molar-refractivity contribution in [2.75, 3.05) is 26.5 Å². The van der Waals surface area contributed by atoms with E-state index in [9.17, 15) is 0 Å². The molecule has 0 aromatic heterocycles. The predicted molar refractivity (Wildman–Crippen MR) is 113 cm³/mol. The monoisotopic (exact) mass is 451 g/mol. The first-order valence-electron chi connectivity index (χ1n) is 7.66. The Morgan fingerprint density at radius 3 is 2.30 bits per heavy atom. The van der Waals surface area contributed by atoms with Crippen LogP contribution < -0.4 is 10.6 Å². The molecule has 0 saturated carbocycles. The largest absolute Gasteiger partial charge is 0.377 e. The molecule has 0 aliphatic heterocycles. The van der Waals surface area contributed by atoms with E-state index in [-0.39, 0.29) is 28.7 Å². The molecule has 0 spiro atoms. The molecule has 0 saturated heterocycles. The molecule has 4 nitrogen and oxygen atoms in total. The van der Waals surface area contributed by atoms with E-state index in [0.29, 0.717) is 6.61 Å². The molecule has 0 bridgehead atoms. The van der Waals surface area contributed by atoms with E-state index in [1.807, 2.05) is 18.7 Å². The maximum Gasteiger partial charge on any atom is 0.191 e. The van der Waals surface area contributed by atoms with Gasteiger partial charge in [0, 0.05) is 31.5 Å². The van der Waals surface area contributed by atoms with Gasteiger partial charge in [0.15, 0.2) is 5.96 Å². The van der Waals surface area contributed by atoms with E-state index in [4.69, 9.17) is 4.74 Å². The third-order valence-electron chi connectivity index (χ3n) is 3.41. The van der Waals surface area contributed by atoms with Gasteiger partial charge in [-0.05, 0) is 38.2 Å². The van der Waals surface area contributed by atoms with Gasteiger partial charge in [0.2, 0.25) is 0 Å². The Morgan fingerprint density at radius 2 is 1.78 bits per heavy atom. The summed E-state index contributed by atoms with van der Waals surface area (Å²) in [5.41, 5.74) is 2.43. The normalized spacial score (nSPS) is 11.8. The number of aliphatic imine (C=N–C) groups is 1. The second-order valence-corrected chi connectivity index (χ2v) is 7.21. The Labute approximate surface area is 162 Å². The van der Waals surface area contributed by atoms with Gasteiger partial charge < -0.3 is 15.4 Å². The molecule has 1 rings (SSSR count). The summed E-state index contributed by atoms with van der Waals surface area (Å²) in [7, 11) is 1.80. The fourth-order valence-corrected chi connectivity index (χ4v) is 1.96. The van der Waals surface area contributed by atoms with Gasteiger partial charge in [-0.1, -0.05) is 24.3 Å². The van der Waals surface area contributed by atoms with Crippen molar-refractivity contribution in [3.8, 4) is 0 Å². The third-order valence-corrected chi connectivity index (χ3v) is 4.66. The quantitative estimate of drug-likeness (QED) is 0.360. The van der Waals surface area contributed by atoms with E-state index in [1.165, 1.54) is 11.1 Å². The number of halogens is 1. The SMILES string of the molecule is CCOCc1ccc(CNC(=NC)NCC(C)(C)SC)cc1.I. The highest BCUT2D eigenvalue weighted by Gasteiger charge is 2.15. The second kappa shape index (κ2) is 12.0. The third kappa shape index (κ3) is 9.42. The number of nitrogens with zero attached hydrogens (tertiary/aromatic N) is 1. The molecule has 1 aromatic rings. The summed E-state index contributed by atoms with van der Waals surface area (Å²) in [5.74, 6) is 0.834. The van der Waals surface area contributed by atoms with Gasteiger partial charge in [-0.15, -0.1) is 24.0 Å². The van der Waals surface area contributed by atoms with Gasteiger partial charge in [-0.2, -0.15) is 11.8 Å². The van der Waals surface area contributed by atoms with Crippen LogP contribution in [0, 0.1) is 0 Å². The molecule has 0 unspecified atom stereocenters. The van der Waals surface area contributed by atoms with E-state index in [1.54, 1.807) is 7.05 Å². The number of thioether (sulfide) groups is 1. The number of hydrogen-bond acceptors (Lipinski definition) is 3. The van der Waals surface area contributed by atoms with Crippen molar-refractivity contribution in [2.24, 2.45) is 4.99 Å². The summed E-state index contributed by atoms with van der Waals surface area (Å²) in [4.78, 5) is 4.26. The minimum atomic E-state index is 0. The highest BCUT2D eigenvalue weighted by Crippen LogP contribution is 2.19.